The number of carbonyl (C=O) groups excluding carboxylic acids is 1. The van der Waals surface area contributed by atoms with Crippen LogP contribution < -0.4 is 5.01 Å². The van der Waals surface area contributed by atoms with Crippen molar-refractivity contribution in [3.63, 3.8) is 0 Å². The maximum absolute atomic E-state index is 13.4. The molecular formula is C24H18Cl3N3O. The molecule has 0 N–H and O–H groups in total. The van der Waals surface area contributed by atoms with Crippen LogP contribution in [-0.2, 0) is 17.9 Å². The van der Waals surface area contributed by atoms with Crippen LogP contribution in [0.5, 0.6) is 0 Å². The number of rotatable bonds is 3. The van der Waals surface area contributed by atoms with Gasteiger partial charge < -0.3 is 4.90 Å². The van der Waals surface area contributed by atoms with Gasteiger partial charge in [0.1, 0.15) is 5.71 Å². The number of hydrogen-bond donors (Lipinski definition) is 0. The molecule has 0 bridgehead atoms. The zero-order valence-corrected chi connectivity index (χ0v) is 18.7. The molecule has 0 spiro atoms. The lowest BCUT2D eigenvalue weighted by atomic mass is 10.0. The molecule has 156 valence electrons. The van der Waals surface area contributed by atoms with Gasteiger partial charge in [-0.15, -0.1) is 0 Å². The highest BCUT2D eigenvalue weighted by molar-refractivity contribution is 6.40. The number of hydrogen-bond acceptors (Lipinski definition) is 3. The first kappa shape index (κ1) is 20.4. The quantitative estimate of drug-likeness (QED) is 0.438. The van der Waals surface area contributed by atoms with Crippen LogP contribution in [0.4, 0.5) is 5.69 Å². The minimum atomic E-state index is -0.167. The predicted molar refractivity (Wildman–Crippen MR) is 126 cm³/mol. The van der Waals surface area contributed by atoms with Crippen molar-refractivity contribution < 1.29 is 4.79 Å². The third kappa shape index (κ3) is 3.91. The Labute approximate surface area is 195 Å². The van der Waals surface area contributed by atoms with Crippen LogP contribution in [-0.4, -0.2) is 16.5 Å². The average molecular weight is 471 g/mol. The molecule has 3 aromatic carbocycles. The Kier molecular flexibility index (Phi) is 5.39. The number of anilines is 1. The average Bonchev–Trinajstić information content (AvgIpc) is 3.38. The first-order chi connectivity index (χ1) is 15.0. The summed E-state index contributed by atoms with van der Waals surface area (Å²) in [5, 5.41) is 8.24. The van der Waals surface area contributed by atoms with Crippen molar-refractivity contribution in [3.05, 3.63) is 98.5 Å². The molecule has 0 radical (unpaired) electrons. The lowest BCUT2D eigenvalue weighted by Gasteiger charge is -2.25. The molecule has 0 aliphatic carbocycles. The van der Waals surface area contributed by atoms with E-state index in [2.05, 4.69) is 12.1 Å². The molecule has 0 saturated carbocycles. The van der Waals surface area contributed by atoms with Gasteiger partial charge in [0.05, 0.1) is 16.8 Å². The Morgan fingerprint density at radius 1 is 0.871 bits per heavy atom. The molecule has 0 saturated heterocycles. The maximum Gasteiger partial charge on any atom is 0.270 e. The van der Waals surface area contributed by atoms with Crippen LogP contribution in [0.2, 0.25) is 15.1 Å². The van der Waals surface area contributed by atoms with E-state index in [-0.39, 0.29) is 11.9 Å². The second-order valence-corrected chi connectivity index (χ2v) is 8.97. The zero-order valence-electron chi connectivity index (χ0n) is 16.4. The van der Waals surface area contributed by atoms with Crippen LogP contribution in [0, 0.1) is 0 Å². The summed E-state index contributed by atoms with van der Waals surface area (Å²) in [5.74, 6) is -0.0530. The monoisotopic (exact) mass is 469 g/mol. The largest absolute Gasteiger partial charge is 0.329 e. The summed E-state index contributed by atoms with van der Waals surface area (Å²) in [6.45, 7) is 1.20. The molecule has 1 unspecified atom stereocenters. The smallest absolute Gasteiger partial charge is 0.270 e. The van der Waals surface area contributed by atoms with E-state index < -0.39 is 0 Å². The number of benzene rings is 3. The van der Waals surface area contributed by atoms with Crippen molar-refractivity contribution in [2.45, 2.75) is 25.6 Å². The van der Waals surface area contributed by atoms with Crippen molar-refractivity contribution in [3.8, 4) is 0 Å². The molecule has 2 aliphatic rings. The minimum Gasteiger partial charge on any atom is -0.329 e. The van der Waals surface area contributed by atoms with E-state index in [1.54, 1.807) is 12.1 Å². The Hall–Kier alpha value is -2.53. The molecule has 7 heteroatoms. The van der Waals surface area contributed by atoms with Crippen molar-refractivity contribution in [1.29, 1.82) is 0 Å². The van der Waals surface area contributed by atoms with Gasteiger partial charge in [-0.05, 0) is 47.0 Å². The van der Waals surface area contributed by atoms with Crippen LogP contribution in [0.15, 0.2) is 71.8 Å². The Morgan fingerprint density at radius 2 is 1.52 bits per heavy atom. The zero-order chi connectivity index (χ0) is 21.5. The van der Waals surface area contributed by atoms with Gasteiger partial charge in [0, 0.05) is 29.6 Å². The Balaban J connectivity index is 1.48. The summed E-state index contributed by atoms with van der Waals surface area (Å²) in [4.78, 5) is 15.2. The molecule has 4 nitrogen and oxygen atoms in total. The molecular weight excluding hydrogens is 453 g/mol. The van der Waals surface area contributed by atoms with Crippen molar-refractivity contribution in [2.24, 2.45) is 5.10 Å². The van der Waals surface area contributed by atoms with E-state index in [1.807, 2.05) is 52.4 Å². The fourth-order valence-electron chi connectivity index (χ4n) is 4.13. The Bertz CT molecular complexity index is 1170. The van der Waals surface area contributed by atoms with Gasteiger partial charge in [0.25, 0.3) is 5.91 Å². The summed E-state index contributed by atoms with van der Waals surface area (Å²) >= 11 is 18.7. The van der Waals surface area contributed by atoms with E-state index in [0.717, 1.165) is 5.56 Å². The normalized spacial score (nSPS) is 17.6. The molecule has 0 aromatic heterocycles. The first-order valence-electron chi connectivity index (χ1n) is 9.93. The van der Waals surface area contributed by atoms with E-state index in [1.165, 1.54) is 11.1 Å². The van der Waals surface area contributed by atoms with Crippen molar-refractivity contribution in [1.82, 2.24) is 4.90 Å². The van der Waals surface area contributed by atoms with Crippen molar-refractivity contribution in [2.75, 3.05) is 5.01 Å². The van der Waals surface area contributed by atoms with Crippen LogP contribution >= 0.6 is 34.8 Å². The molecule has 1 amide bonds. The fourth-order valence-corrected chi connectivity index (χ4v) is 4.75. The van der Waals surface area contributed by atoms with Gasteiger partial charge in [0.15, 0.2) is 0 Å². The third-order valence-corrected chi connectivity index (χ3v) is 6.49. The Morgan fingerprint density at radius 3 is 2.16 bits per heavy atom. The molecule has 5 rings (SSSR count). The van der Waals surface area contributed by atoms with Gasteiger partial charge in [-0.1, -0.05) is 71.2 Å². The van der Waals surface area contributed by atoms with Crippen LogP contribution in [0.1, 0.15) is 29.2 Å². The van der Waals surface area contributed by atoms with E-state index in [9.17, 15) is 4.79 Å². The van der Waals surface area contributed by atoms with Gasteiger partial charge >= 0.3 is 0 Å². The highest BCUT2D eigenvalue weighted by Gasteiger charge is 2.36. The number of amides is 1. The SMILES string of the molecule is O=C(C1=NN(c2ccc(Cl)cc2Cl)C(c2ccc(Cl)cc2)C1)N1Cc2ccccc2C1. The van der Waals surface area contributed by atoms with Gasteiger partial charge in [-0.2, -0.15) is 5.10 Å². The summed E-state index contributed by atoms with van der Waals surface area (Å²) in [7, 11) is 0. The van der Waals surface area contributed by atoms with Gasteiger partial charge in [-0.25, -0.2) is 0 Å². The molecule has 31 heavy (non-hydrogen) atoms. The van der Waals surface area contributed by atoms with Gasteiger partial charge in [0.2, 0.25) is 0 Å². The molecule has 1 atom stereocenters. The molecule has 2 heterocycles. The summed E-state index contributed by atoms with van der Waals surface area (Å²) in [6.07, 6.45) is 0.478. The maximum atomic E-state index is 13.4. The van der Waals surface area contributed by atoms with Crippen LogP contribution in [0.25, 0.3) is 0 Å². The minimum absolute atomic E-state index is 0.0530. The summed E-state index contributed by atoms with van der Waals surface area (Å²) in [6, 6.07) is 20.8. The lowest BCUT2D eigenvalue weighted by Crippen LogP contribution is -2.31. The number of carbonyl (C=O) groups is 1. The summed E-state index contributed by atoms with van der Waals surface area (Å²) < 4.78 is 0. The number of fused-ring (bicyclic) bond motifs is 1. The second-order valence-electron chi connectivity index (χ2n) is 7.69. The number of nitrogens with zero attached hydrogens (tertiary/aromatic N) is 3. The van der Waals surface area contributed by atoms with E-state index >= 15 is 0 Å². The number of hydrazone groups is 1. The fraction of sp³-hybridized carbons (Fsp3) is 0.167. The molecule has 3 aromatic rings. The highest BCUT2D eigenvalue weighted by atomic mass is 35.5. The van der Waals surface area contributed by atoms with Crippen molar-refractivity contribution >= 4 is 52.1 Å². The lowest BCUT2D eigenvalue weighted by molar-refractivity contribution is -0.124. The molecule has 2 aliphatic heterocycles. The van der Waals surface area contributed by atoms with E-state index in [4.69, 9.17) is 39.9 Å². The van der Waals surface area contributed by atoms with E-state index in [0.29, 0.717) is 46.0 Å². The predicted octanol–water partition coefficient (Wildman–Crippen LogP) is 6.50. The standard InChI is InChI=1S/C24H18Cl3N3O/c25-18-7-5-15(6-8-18)23-12-21(28-30(23)22-10-9-19(26)11-20(22)27)24(31)29-13-16-3-1-2-4-17(16)14-29/h1-11,23H,12-14H2. The molecule has 0 fully saturated rings. The first-order valence-corrected chi connectivity index (χ1v) is 11.1. The topological polar surface area (TPSA) is 35.9 Å². The second kappa shape index (κ2) is 8.19. The number of halogens is 3. The third-order valence-electron chi connectivity index (χ3n) is 5.70. The van der Waals surface area contributed by atoms with Gasteiger partial charge in [-0.3, -0.25) is 9.80 Å². The summed E-state index contributed by atoms with van der Waals surface area (Å²) in [5.41, 5.74) is 4.59. The van der Waals surface area contributed by atoms with Crippen LogP contribution in [0.3, 0.4) is 0 Å². The highest BCUT2D eigenvalue weighted by Crippen LogP contribution is 2.40.